The predicted octanol–water partition coefficient (Wildman–Crippen LogP) is 4.22. The molecule has 0 radical (unpaired) electrons. The van der Waals surface area contributed by atoms with E-state index in [2.05, 4.69) is 25.9 Å². The average molecular weight is 398 g/mol. The molecule has 1 atom stereocenters. The third kappa shape index (κ3) is 6.34. The van der Waals surface area contributed by atoms with Crippen molar-refractivity contribution in [3.05, 3.63) is 36.0 Å². The third-order valence-electron chi connectivity index (χ3n) is 5.24. The first-order valence-corrected chi connectivity index (χ1v) is 10.3. The molecule has 3 N–H and O–H groups in total. The minimum atomic E-state index is -0.447. The highest BCUT2D eigenvalue weighted by Crippen LogP contribution is 2.24. The molecular formula is C22H31N5O2. The van der Waals surface area contributed by atoms with Crippen molar-refractivity contribution in [2.45, 2.75) is 52.0 Å². The SMILES string of the molecule is COc1ccc(NC(=O)[C@H](C)Nc2cc(C)nc(NCC3CCCCC3)n2)cc1. The van der Waals surface area contributed by atoms with Crippen molar-refractivity contribution in [3.63, 3.8) is 0 Å². The minimum absolute atomic E-state index is 0.136. The summed E-state index contributed by atoms with van der Waals surface area (Å²) in [6, 6.07) is 8.65. The van der Waals surface area contributed by atoms with Gasteiger partial charge in [0.25, 0.3) is 0 Å². The Morgan fingerprint density at radius 2 is 1.90 bits per heavy atom. The minimum Gasteiger partial charge on any atom is -0.497 e. The van der Waals surface area contributed by atoms with Crippen molar-refractivity contribution in [1.82, 2.24) is 9.97 Å². The van der Waals surface area contributed by atoms with Crippen molar-refractivity contribution in [1.29, 1.82) is 0 Å². The first-order chi connectivity index (χ1) is 14.0. The molecule has 1 aromatic heterocycles. The van der Waals surface area contributed by atoms with Crippen LogP contribution >= 0.6 is 0 Å². The molecule has 1 fully saturated rings. The first-order valence-electron chi connectivity index (χ1n) is 10.3. The van der Waals surface area contributed by atoms with Crippen LogP contribution in [0.1, 0.15) is 44.7 Å². The molecule has 7 nitrogen and oxygen atoms in total. The van der Waals surface area contributed by atoms with Gasteiger partial charge in [0.2, 0.25) is 11.9 Å². The zero-order valence-electron chi connectivity index (χ0n) is 17.5. The number of anilines is 3. The van der Waals surface area contributed by atoms with Gasteiger partial charge in [-0.1, -0.05) is 19.3 Å². The molecule has 1 heterocycles. The molecule has 1 aliphatic rings. The van der Waals surface area contributed by atoms with Crippen LogP contribution in [0.25, 0.3) is 0 Å². The third-order valence-corrected chi connectivity index (χ3v) is 5.24. The van der Waals surface area contributed by atoms with Crippen LogP contribution in [0.5, 0.6) is 5.75 Å². The number of carbonyl (C=O) groups is 1. The molecule has 0 bridgehead atoms. The fraction of sp³-hybridized carbons (Fsp3) is 0.500. The van der Waals surface area contributed by atoms with Gasteiger partial charge < -0.3 is 20.7 Å². The van der Waals surface area contributed by atoms with E-state index in [9.17, 15) is 4.79 Å². The Morgan fingerprint density at radius 1 is 1.17 bits per heavy atom. The maximum Gasteiger partial charge on any atom is 0.246 e. The number of carbonyl (C=O) groups excluding carboxylic acids is 1. The van der Waals surface area contributed by atoms with Crippen molar-refractivity contribution in [2.75, 3.05) is 29.6 Å². The van der Waals surface area contributed by atoms with Crippen LogP contribution in [0.3, 0.4) is 0 Å². The molecule has 29 heavy (non-hydrogen) atoms. The van der Waals surface area contributed by atoms with Gasteiger partial charge in [-0.25, -0.2) is 4.98 Å². The lowest BCUT2D eigenvalue weighted by Crippen LogP contribution is -2.32. The molecule has 1 aromatic carbocycles. The van der Waals surface area contributed by atoms with Gasteiger partial charge in [0, 0.05) is 24.0 Å². The maximum atomic E-state index is 12.5. The second-order valence-electron chi connectivity index (χ2n) is 7.69. The Morgan fingerprint density at radius 3 is 2.59 bits per heavy atom. The lowest BCUT2D eigenvalue weighted by molar-refractivity contribution is -0.116. The molecule has 0 unspecified atom stereocenters. The summed E-state index contributed by atoms with van der Waals surface area (Å²) in [6.07, 6.45) is 6.52. The summed E-state index contributed by atoms with van der Waals surface area (Å²) in [7, 11) is 1.61. The smallest absolute Gasteiger partial charge is 0.246 e. The Hall–Kier alpha value is -2.83. The number of aryl methyl sites for hydroxylation is 1. The molecule has 3 rings (SSSR count). The van der Waals surface area contributed by atoms with Gasteiger partial charge in [-0.2, -0.15) is 4.98 Å². The number of hydrogen-bond donors (Lipinski definition) is 3. The second-order valence-corrected chi connectivity index (χ2v) is 7.69. The number of nitrogens with zero attached hydrogens (tertiary/aromatic N) is 2. The highest BCUT2D eigenvalue weighted by atomic mass is 16.5. The quantitative estimate of drug-likeness (QED) is 0.618. The number of aromatic nitrogens is 2. The molecular weight excluding hydrogens is 366 g/mol. The van der Waals surface area contributed by atoms with Gasteiger partial charge in [0.05, 0.1) is 7.11 Å². The summed E-state index contributed by atoms with van der Waals surface area (Å²) in [5.41, 5.74) is 1.58. The zero-order chi connectivity index (χ0) is 20.6. The molecule has 1 aliphatic carbocycles. The normalized spacial score (nSPS) is 15.4. The molecule has 1 saturated carbocycles. The Bertz CT molecular complexity index is 803. The molecule has 0 saturated heterocycles. The van der Waals surface area contributed by atoms with Crippen LogP contribution < -0.4 is 20.7 Å². The predicted molar refractivity (Wildman–Crippen MR) is 117 cm³/mol. The largest absolute Gasteiger partial charge is 0.497 e. The Kier molecular flexibility index (Phi) is 7.27. The van der Waals surface area contributed by atoms with E-state index in [0.717, 1.165) is 23.7 Å². The first kappa shape index (κ1) is 20.9. The van der Waals surface area contributed by atoms with Gasteiger partial charge in [-0.3, -0.25) is 4.79 Å². The molecule has 7 heteroatoms. The van der Waals surface area contributed by atoms with Gasteiger partial charge in [-0.15, -0.1) is 0 Å². The standard InChI is InChI=1S/C22H31N5O2/c1-15-13-20(27-22(24-15)23-14-17-7-5-4-6-8-17)25-16(2)21(28)26-18-9-11-19(29-3)12-10-18/h9-13,16-17H,4-8,14H2,1-3H3,(H,26,28)(H2,23,24,25,27)/t16-/m0/s1. The number of benzene rings is 1. The van der Waals surface area contributed by atoms with Gasteiger partial charge in [0.1, 0.15) is 17.6 Å². The monoisotopic (exact) mass is 397 g/mol. The number of rotatable bonds is 8. The lowest BCUT2D eigenvalue weighted by atomic mass is 9.89. The van der Waals surface area contributed by atoms with E-state index in [1.807, 2.05) is 44.2 Å². The molecule has 156 valence electrons. The van der Waals surface area contributed by atoms with E-state index in [-0.39, 0.29) is 5.91 Å². The van der Waals surface area contributed by atoms with E-state index in [4.69, 9.17) is 4.74 Å². The molecule has 0 spiro atoms. The van der Waals surface area contributed by atoms with E-state index >= 15 is 0 Å². The second kappa shape index (κ2) is 10.1. The highest BCUT2D eigenvalue weighted by Gasteiger charge is 2.16. The number of nitrogens with one attached hydrogen (secondary N) is 3. The number of amides is 1. The number of methoxy groups -OCH3 is 1. The van der Waals surface area contributed by atoms with Crippen LogP contribution in [0, 0.1) is 12.8 Å². The molecule has 0 aliphatic heterocycles. The topological polar surface area (TPSA) is 88.2 Å². The molecule has 1 amide bonds. The van der Waals surface area contributed by atoms with E-state index < -0.39 is 6.04 Å². The molecule has 2 aromatic rings. The summed E-state index contributed by atoms with van der Waals surface area (Å²) in [6.45, 7) is 4.64. The van der Waals surface area contributed by atoms with Gasteiger partial charge in [0.15, 0.2) is 0 Å². The van der Waals surface area contributed by atoms with Crippen LogP contribution in [-0.4, -0.2) is 35.6 Å². The summed E-state index contributed by atoms with van der Waals surface area (Å²) in [5, 5.41) is 9.44. The fourth-order valence-corrected chi connectivity index (χ4v) is 3.56. The van der Waals surface area contributed by atoms with Crippen LogP contribution in [0.2, 0.25) is 0 Å². The number of ether oxygens (including phenoxy) is 1. The van der Waals surface area contributed by atoms with E-state index in [0.29, 0.717) is 17.7 Å². The van der Waals surface area contributed by atoms with Gasteiger partial charge >= 0.3 is 0 Å². The lowest BCUT2D eigenvalue weighted by Gasteiger charge is -2.22. The van der Waals surface area contributed by atoms with Crippen molar-refractivity contribution < 1.29 is 9.53 Å². The maximum absolute atomic E-state index is 12.5. The fourth-order valence-electron chi connectivity index (χ4n) is 3.56. The summed E-state index contributed by atoms with van der Waals surface area (Å²) >= 11 is 0. The van der Waals surface area contributed by atoms with Crippen LogP contribution in [-0.2, 0) is 4.79 Å². The number of hydrogen-bond acceptors (Lipinski definition) is 6. The zero-order valence-corrected chi connectivity index (χ0v) is 17.5. The van der Waals surface area contributed by atoms with Crippen molar-refractivity contribution in [2.24, 2.45) is 5.92 Å². The van der Waals surface area contributed by atoms with E-state index in [1.165, 1.54) is 32.1 Å². The Balaban J connectivity index is 1.56. The average Bonchev–Trinajstić information content (AvgIpc) is 2.73. The summed E-state index contributed by atoms with van der Waals surface area (Å²) < 4.78 is 5.14. The summed E-state index contributed by atoms with van der Waals surface area (Å²) in [5.74, 6) is 2.56. The van der Waals surface area contributed by atoms with Crippen LogP contribution in [0.4, 0.5) is 17.5 Å². The van der Waals surface area contributed by atoms with Crippen molar-refractivity contribution >= 4 is 23.4 Å². The van der Waals surface area contributed by atoms with Gasteiger partial charge in [-0.05, 0) is 56.9 Å². The van der Waals surface area contributed by atoms with Crippen molar-refractivity contribution in [3.8, 4) is 5.75 Å². The van der Waals surface area contributed by atoms with Crippen LogP contribution in [0.15, 0.2) is 30.3 Å². The Labute approximate surface area is 172 Å². The highest BCUT2D eigenvalue weighted by molar-refractivity contribution is 5.96. The van der Waals surface area contributed by atoms with E-state index in [1.54, 1.807) is 7.11 Å². The summed E-state index contributed by atoms with van der Waals surface area (Å²) in [4.78, 5) is 21.5.